The summed E-state index contributed by atoms with van der Waals surface area (Å²) < 4.78 is 22.6. The van der Waals surface area contributed by atoms with E-state index in [4.69, 9.17) is 42.5 Å². The molecule has 2 aromatic heterocycles. The van der Waals surface area contributed by atoms with Crippen molar-refractivity contribution >= 4 is 47.8 Å². The van der Waals surface area contributed by atoms with Gasteiger partial charge in [-0.05, 0) is 29.3 Å². The fourth-order valence-corrected chi connectivity index (χ4v) is 4.01. The minimum Gasteiger partial charge on any atom is -0.387 e. The number of rotatable bonds is 8. The van der Waals surface area contributed by atoms with Gasteiger partial charge in [-0.25, -0.2) is 0 Å². The summed E-state index contributed by atoms with van der Waals surface area (Å²) in [5, 5.41) is 32.3. The monoisotopic (exact) mass is 520 g/mol. The van der Waals surface area contributed by atoms with Crippen molar-refractivity contribution in [1.82, 2.24) is 25.0 Å². The van der Waals surface area contributed by atoms with E-state index in [-0.39, 0.29) is 28.9 Å². The molecule has 16 heteroatoms. The second-order valence-corrected chi connectivity index (χ2v) is 9.60. The second-order valence-electron chi connectivity index (χ2n) is 7.24. The fraction of sp³-hybridized carbons (Fsp3) is 0.412. The zero-order valence-electron chi connectivity index (χ0n) is 16.7. The third kappa shape index (κ3) is 5.60. The van der Waals surface area contributed by atoms with Crippen LogP contribution in [0.2, 0.25) is 10.3 Å². The van der Waals surface area contributed by atoms with E-state index in [9.17, 15) is 14.8 Å². The zero-order valence-corrected chi connectivity index (χ0v) is 19.1. The van der Waals surface area contributed by atoms with Gasteiger partial charge in [0.1, 0.15) is 24.7 Å². The quantitative estimate of drug-likeness (QED) is 0.209. The second kappa shape index (κ2) is 9.74. The number of nitrogens with one attached hydrogen (secondary N) is 1. The van der Waals surface area contributed by atoms with Crippen LogP contribution in [0.1, 0.15) is 11.8 Å². The maximum absolute atomic E-state index is 10.9. The van der Waals surface area contributed by atoms with Crippen molar-refractivity contribution in [3.8, 4) is 0 Å². The Morgan fingerprint density at radius 1 is 1.21 bits per heavy atom. The van der Waals surface area contributed by atoms with E-state index in [2.05, 4.69) is 25.6 Å². The Kier molecular flexibility index (Phi) is 7.15. The number of halogens is 2. The van der Waals surface area contributed by atoms with E-state index >= 15 is 0 Å². The topological polar surface area (TPSA) is 185 Å². The van der Waals surface area contributed by atoms with Crippen LogP contribution >= 0.6 is 30.8 Å². The van der Waals surface area contributed by atoms with E-state index in [1.807, 2.05) is 12.1 Å². The van der Waals surface area contributed by atoms with E-state index in [1.54, 1.807) is 12.1 Å². The molecule has 178 valence electrons. The first-order valence-electron chi connectivity index (χ1n) is 9.53. The van der Waals surface area contributed by atoms with Gasteiger partial charge in [-0.15, -0.1) is 5.10 Å². The molecule has 0 saturated carbocycles. The Labute approximate surface area is 196 Å². The first kappa shape index (κ1) is 24.2. The molecule has 0 aliphatic carbocycles. The van der Waals surface area contributed by atoms with Crippen molar-refractivity contribution < 1.29 is 34.0 Å². The Balaban J connectivity index is 1.54. The van der Waals surface area contributed by atoms with E-state index < -0.39 is 38.5 Å². The molecule has 5 N–H and O–H groups in total. The van der Waals surface area contributed by atoms with Crippen molar-refractivity contribution in [2.45, 2.75) is 31.1 Å². The number of aliphatic hydroxyl groups excluding tert-OH is 2. The fourth-order valence-electron chi connectivity index (χ4n) is 3.29. The van der Waals surface area contributed by atoms with E-state index in [0.717, 1.165) is 10.2 Å². The molecule has 0 unspecified atom stereocenters. The number of benzene rings is 1. The Bertz CT molecular complexity index is 1190. The normalized spacial score (nSPS) is 23.3. The summed E-state index contributed by atoms with van der Waals surface area (Å²) in [5.74, 6) is 0.283. The van der Waals surface area contributed by atoms with Crippen molar-refractivity contribution in [3.05, 3.63) is 40.1 Å². The Morgan fingerprint density at radius 2 is 2.00 bits per heavy atom. The van der Waals surface area contributed by atoms with Gasteiger partial charge in [0.15, 0.2) is 23.2 Å². The molecule has 0 bridgehead atoms. The lowest BCUT2D eigenvalue weighted by Gasteiger charge is -2.15. The molecular weight excluding hydrogens is 502 g/mol. The third-order valence-electron chi connectivity index (χ3n) is 4.77. The van der Waals surface area contributed by atoms with Gasteiger partial charge in [-0.3, -0.25) is 4.57 Å². The average Bonchev–Trinajstić information content (AvgIpc) is 3.27. The predicted molar refractivity (Wildman–Crippen MR) is 116 cm³/mol. The number of aliphatic hydroxyl groups is 2. The summed E-state index contributed by atoms with van der Waals surface area (Å²) in [7, 11) is -4.39. The van der Waals surface area contributed by atoms with E-state index in [1.165, 1.54) is 0 Å². The van der Waals surface area contributed by atoms with Gasteiger partial charge in [0, 0.05) is 11.6 Å². The van der Waals surface area contributed by atoms with Crippen molar-refractivity contribution in [2.24, 2.45) is 0 Å². The molecule has 4 rings (SSSR count). The highest BCUT2D eigenvalue weighted by atomic mass is 35.5. The number of fused-ring (bicyclic) bond motifs is 1. The maximum Gasteiger partial charge on any atom is 0.350 e. The van der Waals surface area contributed by atoms with Crippen LogP contribution in [0.25, 0.3) is 11.2 Å². The summed E-state index contributed by atoms with van der Waals surface area (Å²) in [4.78, 5) is 26.0. The Hall–Kier alpha value is -1.93. The SMILES string of the molecule is O=P(O)(O)COC[C@H]1O[C@@H](n2nnc3c(NCc4cccc(Cl)c4)nc(Cl)nc32)[C@H](O)[C@@H]1O. The van der Waals surface area contributed by atoms with Crippen molar-refractivity contribution in [3.63, 3.8) is 0 Å². The predicted octanol–water partition coefficient (Wildman–Crippen LogP) is 0.911. The molecule has 1 aromatic carbocycles. The molecule has 1 fully saturated rings. The van der Waals surface area contributed by atoms with Crippen LogP contribution in [0.3, 0.4) is 0 Å². The summed E-state index contributed by atoms with van der Waals surface area (Å²) in [6, 6.07) is 7.21. The minimum atomic E-state index is -4.39. The van der Waals surface area contributed by atoms with Crippen LogP contribution in [-0.4, -0.2) is 76.2 Å². The molecule has 13 nitrogen and oxygen atoms in total. The lowest BCUT2D eigenvalue weighted by Crippen LogP contribution is -2.34. The molecule has 0 spiro atoms. The molecule has 1 aliphatic rings. The Morgan fingerprint density at radius 3 is 2.73 bits per heavy atom. The number of hydrogen-bond donors (Lipinski definition) is 5. The lowest BCUT2D eigenvalue weighted by atomic mass is 10.1. The maximum atomic E-state index is 10.9. The van der Waals surface area contributed by atoms with Gasteiger partial charge < -0.3 is 34.8 Å². The molecule has 33 heavy (non-hydrogen) atoms. The summed E-state index contributed by atoms with van der Waals surface area (Å²) >= 11 is 12.1. The molecular formula is C17H19Cl2N6O7P. The summed E-state index contributed by atoms with van der Waals surface area (Å²) in [5.41, 5.74) is 1.26. The van der Waals surface area contributed by atoms with Crippen LogP contribution in [0, 0.1) is 0 Å². The van der Waals surface area contributed by atoms with Gasteiger partial charge in [0.25, 0.3) is 0 Å². The number of anilines is 1. The lowest BCUT2D eigenvalue weighted by molar-refractivity contribution is -0.0665. The van der Waals surface area contributed by atoms with Crippen LogP contribution in [-0.2, 0) is 20.6 Å². The average molecular weight is 521 g/mol. The van der Waals surface area contributed by atoms with Gasteiger partial charge in [0.05, 0.1) is 6.61 Å². The first-order valence-corrected chi connectivity index (χ1v) is 12.1. The minimum absolute atomic E-state index is 0.116. The summed E-state index contributed by atoms with van der Waals surface area (Å²) in [6.45, 7) is -0.00917. The smallest absolute Gasteiger partial charge is 0.350 e. The van der Waals surface area contributed by atoms with Gasteiger partial charge in [-0.2, -0.15) is 14.6 Å². The van der Waals surface area contributed by atoms with Crippen LogP contribution in [0.15, 0.2) is 24.3 Å². The molecule has 0 radical (unpaired) electrons. The number of aromatic nitrogens is 5. The zero-order chi connectivity index (χ0) is 23.8. The van der Waals surface area contributed by atoms with Crippen LogP contribution < -0.4 is 5.32 Å². The standard InChI is InChI=1S/C17H19Cl2N6O7P/c18-9-3-1-2-8(4-9)5-20-14-11-15(22-17(19)21-14)25(24-23-11)16-13(27)12(26)10(32-16)6-31-7-33(28,29)30/h1-4,10,12-13,16,26-27H,5-7H2,(H,20,21,22)(H2,28,29,30)/t10-,12-,13-,16-/m1/s1. The van der Waals surface area contributed by atoms with Crippen molar-refractivity contribution in [2.75, 3.05) is 18.3 Å². The van der Waals surface area contributed by atoms with Gasteiger partial charge >= 0.3 is 7.60 Å². The van der Waals surface area contributed by atoms with Crippen LogP contribution in [0.4, 0.5) is 5.82 Å². The van der Waals surface area contributed by atoms with Crippen molar-refractivity contribution in [1.29, 1.82) is 0 Å². The van der Waals surface area contributed by atoms with Gasteiger partial charge in [-0.1, -0.05) is 28.9 Å². The molecule has 3 heterocycles. The largest absolute Gasteiger partial charge is 0.387 e. The van der Waals surface area contributed by atoms with Crippen LogP contribution in [0.5, 0.6) is 0 Å². The number of hydrogen-bond acceptors (Lipinski definition) is 10. The molecule has 1 saturated heterocycles. The highest BCUT2D eigenvalue weighted by Gasteiger charge is 2.45. The van der Waals surface area contributed by atoms with Gasteiger partial charge in [0.2, 0.25) is 5.28 Å². The molecule has 4 atom stereocenters. The molecule has 3 aromatic rings. The highest BCUT2D eigenvalue weighted by molar-refractivity contribution is 7.51. The third-order valence-corrected chi connectivity index (χ3v) is 5.69. The molecule has 0 amide bonds. The number of nitrogens with zero attached hydrogens (tertiary/aromatic N) is 5. The summed E-state index contributed by atoms with van der Waals surface area (Å²) in [6.07, 6.45) is -6.00. The molecule has 1 aliphatic heterocycles. The number of ether oxygens (including phenoxy) is 2. The first-order chi connectivity index (χ1) is 15.6. The van der Waals surface area contributed by atoms with E-state index in [0.29, 0.717) is 11.6 Å². The highest BCUT2D eigenvalue weighted by Crippen LogP contribution is 2.36.